The summed E-state index contributed by atoms with van der Waals surface area (Å²) in [6.07, 6.45) is 61.7. The van der Waals surface area contributed by atoms with E-state index in [0.29, 0.717) is 37.5 Å². The number of phosphoric acid groups is 2. The lowest BCUT2D eigenvalue weighted by Gasteiger charge is -2.21. The molecule has 19 heteroatoms. The predicted molar refractivity (Wildman–Crippen MR) is 414 cm³/mol. The lowest BCUT2D eigenvalue weighted by Crippen LogP contribution is -2.30. The smallest absolute Gasteiger partial charge is 0.462 e. The zero-order valence-electron chi connectivity index (χ0n) is 66.4. The zero-order chi connectivity index (χ0) is 74.4. The van der Waals surface area contributed by atoms with E-state index >= 15 is 0 Å². The van der Waals surface area contributed by atoms with Crippen molar-refractivity contribution >= 4 is 39.5 Å². The van der Waals surface area contributed by atoms with Crippen molar-refractivity contribution in [2.24, 2.45) is 17.8 Å². The first-order valence-electron chi connectivity index (χ1n) is 42.4. The third-order valence-electron chi connectivity index (χ3n) is 19.5. The van der Waals surface area contributed by atoms with Gasteiger partial charge in [0.1, 0.15) is 19.3 Å². The highest BCUT2D eigenvalue weighted by Crippen LogP contribution is 2.45. The van der Waals surface area contributed by atoms with E-state index in [1.165, 1.54) is 231 Å². The molecule has 0 aromatic carbocycles. The van der Waals surface area contributed by atoms with Gasteiger partial charge in [0.05, 0.1) is 26.4 Å². The normalized spacial score (nSPS) is 14.2. The standard InChI is InChI=1S/C82H160O17P2/c1-8-10-11-12-13-14-15-16-17-18-19-20-21-25-28-31-34-37-40-49-56-63-79(84)92-69-77(98-81(86)65-58-51-41-38-35-32-29-26-23-22-24-27-30-33-36-39-48-55-62-75(7)9-2)71-96-100(88,89)94-67-76(83)68-95-101(90,91)97-72-78(99-82(87)66-59-52-45-43-47-54-61-74(5)6)70-93-80(85)64-57-50-44-42-46-53-60-73(3)4/h73-78,83H,8-72H2,1-7H3,(H,88,89)(H,90,91)/t75?,76-,77-,78-/m1/s1. The Balaban J connectivity index is 5.15. The van der Waals surface area contributed by atoms with E-state index in [1.54, 1.807) is 0 Å². The summed E-state index contributed by atoms with van der Waals surface area (Å²) in [5.74, 6) is 0.0997. The lowest BCUT2D eigenvalue weighted by molar-refractivity contribution is -0.161. The summed E-state index contributed by atoms with van der Waals surface area (Å²) in [6.45, 7) is 11.8. The van der Waals surface area contributed by atoms with Crippen LogP contribution in [0.2, 0.25) is 0 Å². The minimum Gasteiger partial charge on any atom is -0.462 e. The molecule has 17 nitrogen and oxygen atoms in total. The van der Waals surface area contributed by atoms with Gasteiger partial charge in [-0.25, -0.2) is 9.13 Å². The van der Waals surface area contributed by atoms with Crippen LogP contribution in [0.15, 0.2) is 0 Å². The lowest BCUT2D eigenvalue weighted by atomic mass is 9.99. The molecule has 3 unspecified atom stereocenters. The van der Waals surface area contributed by atoms with Gasteiger partial charge in [-0.2, -0.15) is 0 Å². The molecule has 600 valence electrons. The van der Waals surface area contributed by atoms with Crippen molar-refractivity contribution in [3.05, 3.63) is 0 Å². The molecule has 3 N–H and O–H groups in total. The van der Waals surface area contributed by atoms with E-state index in [2.05, 4.69) is 48.5 Å². The second-order valence-electron chi connectivity index (χ2n) is 30.7. The minimum absolute atomic E-state index is 0.101. The van der Waals surface area contributed by atoms with Crippen LogP contribution in [0.4, 0.5) is 0 Å². The Labute approximate surface area is 619 Å². The zero-order valence-corrected chi connectivity index (χ0v) is 68.2. The summed E-state index contributed by atoms with van der Waals surface area (Å²) < 4.78 is 68.6. The van der Waals surface area contributed by atoms with Gasteiger partial charge in [-0.1, -0.05) is 376 Å². The van der Waals surface area contributed by atoms with Gasteiger partial charge in [0.2, 0.25) is 0 Å². The Morgan fingerprint density at radius 2 is 0.505 bits per heavy atom. The Morgan fingerprint density at radius 1 is 0.287 bits per heavy atom. The van der Waals surface area contributed by atoms with Gasteiger partial charge < -0.3 is 33.8 Å². The molecule has 0 aromatic rings. The molecule has 0 heterocycles. The topological polar surface area (TPSA) is 237 Å². The molecule has 0 rings (SSSR count). The SMILES string of the molecule is CCCCCCCCCCCCCCCCCCCCCCCC(=O)OC[C@H](COP(=O)(O)OC[C@@H](O)COP(=O)(O)OC[C@@H](COC(=O)CCCCCCCCC(C)C)OC(=O)CCCCCCCCC(C)C)OC(=O)CCCCCCCCCCCCCCCCCCCCC(C)CC. The monoisotopic (exact) mass is 1480 g/mol. The van der Waals surface area contributed by atoms with Crippen molar-refractivity contribution in [1.29, 1.82) is 0 Å². The van der Waals surface area contributed by atoms with E-state index in [1.807, 2.05) is 0 Å². The van der Waals surface area contributed by atoms with Gasteiger partial charge in [-0.05, 0) is 43.4 Å². The number of carbonyl (C=O) groups is 4. The number of phosphoric ester groups is 2. The van der Waals surface area contributed by atoms with E-state index < -0.39 is 97.5 Å². The van der Waals surface area contributed by atoms with E-state index in [0.717, 1.165) is 102 Å². The van der Waals surface area contributed by atoms with Crippen LogP contribution in [-0.4, -0.2) is 96.7 Å². The number of hydrogen-bond donors (Lipinski definition) is 3. The van der Waals surface area contributed by atoms with E-state index in [-0.39, 0.29) is 25.7 Å². The Hall–Kier alpha value is -1.94. The number of aliphatic hydroxyl groups excluding tert-OH is 1. The Bertz CT molecular complexity index is 1960. The fourth-order valence-corrected chi connectivity index (χ4v) is 14.2. The average Bonchev–Trinajstić information content (AvgIpc) is 0.934. The molecule has 0 fully saturated rings. The van der Waals surface area contributed by atoms with Gasteiger partial charge in [-0.15, -0.1) is 0 Å². The first-order valence-corrected chi connectivity index (χ1v) is 45.4. The minimum atomic E-state index is -4.96. The Kier molecular flexibility index (Phi) is 70.9. The fraction of sp³-hybridized carbons (Fsp3) is 0.951. The molecule has 0 bridgehead atoms. The van der Waals surface area contributed by atoms with Crippen LogP contribution in [0.5, 0.6) is 0 Å². The van der Waals surface area contributed by atoms with Crippen LogP contribution in [0.3, 0.4) is 0 Å². The quantitative estimate of drug-likeness (QED) is 0.0222. The van der Waals surface area contributed by atoms with E-state index in [4.69, 9.17) is 37.0 Å². The summed E-state index contributed by atoms with van der Waals surface area (Å²) in [4.78, 5) is 72.9. The highest BCUT2D eigenvalue weighted by Gasteiger charge is 2.30. The van der Waals surface area contributed by atoms with Crippen LogP contribution in [0.25, 0.3) is 0 Å². The number of ether oxygens (including phenoxy) is 4. The Morgan fingerprint density at radius 3 is 0.752 bits per heavy atom. The molecule has 0 amide bonds. The number of esters is 4. The van der Waals surface area contributed by atoms with Gasteiger partial charge in [-0.3, -0.25) is 37.3 Å². The van der Waals surface area contributed by atoms with Crippen molar-refractivity contribution in [1.82, 2.24) is 0 Å². The van der Waals surface area contributed by atoms with Crippen LogP contribution >= 0.6 is 15.6 Å². The molecule has 0 aliphatic rings. The van der Waals surface area contributed by atoms with Gasteiger partial charge in [0, 0.05) is 25.7 Å². The first kappa shape index (κ1) is 99.1. The van der Waals surface area contributed by atoms with Gasteiger partial charge in [0.25, 0.3) is 0 Å². The molecule has 0 aromatic heterocycles. The summed E-state index contributed by atoms with van der Waals surface area (Å²) in [5, 5.41) is 10.6. The van der Waals surface area contributed by atoms with Crippen LogP contribution in [0.1, 0.15) is 427 Å². The maximum Gasteiger partial charge on any atom is 0.472 e. The molecular weight excluding hydrogens is 1320 g/mol. The van der Waals surface area contributed by atoms with Gasteiger partial charge in [0.15, 0.2) is 12.2 Å². The van der Waals surface area contributed by atoms with Crippen molar-refractivity contribution in [3.63, 3.8) is 0 Å². The second-order valence-corrected chi connectivity index (χ2v) is 33.6. The number of aliphatic hydroxyl groups is 1. The maximum atomic E-state index is 13.1. The second kappa shape index (κ2) is 72.3. The number of hydrogen-bond acceptors (Lipinski definition) is 15. The van der Waals surface area contributed by atoms with Crippen molar-refractivity contribution in [3.8, 4) is 0 Å². The third kappa shape index (κ3) is 74.7. The van der Waals surface area contributed by atoms with Crippen molar-refractivity contribution in [2.75, 3.05) is 39.6 Å². The van der Waals surface area contributed by atoms with E-state index in [9.17, 15) is 43.2 Å². The summed E-state index contributed by atoms with van der Waals surface area (Å²) >= 11 is 0. The van der Waals surface area contributed by atoms with Crippen molar-refractivity contribution < 1.29 is 80.2 Å². The predicted octanol–water partition coefficient (Wildman–Crippen LogP) is 24.5. The number of unbranched alkanes of at least 4 members (excludes halogenated alkanes) is 47. The average molecular weight is 1480 g/mol. The largest absolute Gasteiger partial charge is 0.472 e. The van der Waals surface area contributed by atoms with Crippen molar-refractivity contribution in [2.45, 2.75) is 446 Å². The van der Waals surface area contributed by atoms with Crippen LogP contribution < -0.4 is 0 Å². The number of rotatable bonds is 80. The maximum absolute atomic E-state index is 13.1. The highest BCUT2D eigenvalue weighted by atomic mass is 31.2. The molecule has 0 spiro atoms. The summed E-state index contributed by atoms with van der Waals surface area (Å²) in [7, 11) is -9.92. The molecule has 0 radical (unpaired) electrons. The molecule has 101 heavy (non-hydrogen) atoms. The summed E-state index contributed by atoms with van der Waals surface area (Å²) in [6, 6.07) is 0. The molecule has 0 aliphatic heterocycles. The molecule has 0 aliphatic carbocycles. The molecule has 0 saturated carbocycles. The van der Waals surface area contributed by atoms with Crippen LogP contribution in [0, 0.1) is 17.8 Å². The summed E-state index contributed by atoms with van der Waals surface area (Å²) in [5.41, 5.74) is 0. The van der Waals surface area contributed by atoms with Gasteiger partial charge >= 0.3 is 39.5 Å². The number of carbonyl (C=O) groups excluding carboxylic acids is 4. The highest BCUT2D eigenvalue weighted by molar-refractivity contribution is 7.47. The fourth-order valence-electron chi connectivity index (χ4n) is 12.6. The molecule has 6 atom stereocenters. The van der Waals surface area contributed by atoms with Crippen LogP contribution in [-0.2, 0) is 65.4 Å². The molecule has 0 saturated heterocycles. The first-order chi connectivity index (χ1) is 48.8. The third-order valence-corrected chi connectivity index (χ3v) is 21.4. The molecular formula is C82H160O17P2.